The van der Waals surface area contributed by atoms with Gasteiger partial charge in [0.15, 0.2) is 6.79 Å². The zero-order chi connectivity index (χ0) is 18.5. The summed E-state index contributed by atoms with van der Waals surface area (Å²) in [6.45, 7) is 2.52. The van der Waals surface area contributed by atoms with Crippen LogP contribution in [0, 0.1) is 0 Å². The Balaban J connectivity index is 2.09. The summed E-state index contributed by atoms with van der Waals surface area (Å²) in [5.74, 6) is 0.864. The van der Waals surface area contributed by atoms with Gasteiger partial charge in [0.05, 0.1) is 27.4 Å². The Hall–Kier alpha value is -2.35. The molecule has 0 unspecified atom stereocenters. The lowest BCUT2D eigenvalue weighted by Crippen LogP contribution is -2.04. The second-order valence-electron chi connectivity index (χ2n) is 5.18. The van der Waals surface area contributed by atoms with Crippen LogP contribution in [0.2, 0.25) is 10.0 Å². The summed E-state index contributed by atoms with van der Waals surface area (Å²) in [4.78, 5) is 16.0. The van der Waals surface area contributed by atoms with Gasteiger partial charge in [-0.05, 0) is 25.1 Å². The van der Waals surface area contributed by atoms with Gasteiger partial charge in [-0.3, -0.25) is 4.99 Å². The number of rotatable bonds is 7. The van der Waals surface area contributed by atoms with Crippen molar-refractivity contribution in [3.05, 3.63) is 34.4 Å². The number of hydrogen-bond donors (Lipinski definition) is 2. The molecule has 136 valence electrons. The van der Waals surface area contributed by atoms with E-state index in [4.69, 9.17) is 32.7 Å². The van der Waals surface area contributed by atoms with Crippen molar-refractivity contribution >= 4 is 46.5 Å². The summed E-state index contributed by atoms with van der Waals surface area (Å²) in [5, 5.41) is 3.77. The van der Waals surface area contributed by atoms with Crippen LogP contribution in [0.1, 0.15) is 6.92 Å². The molecule has 0 saturated carbocycles. The average Bonchev–Trinajstić information content (AvgIpc) is 3.10. The van der Waals surface area contributed by atoms with Crippen LogP contribution in [-0.2, 0) is 4.74 Å². The number of nitrogens with zero attached hydrogens (tertiary/aromatic N) is 3. The van der Waals surface area contributed by atoms with Gasteiger partial charge in [0, 0.05) is 25.4 Å². The van der Waals surface area contributed by atoms with Gasteiger partial charge in [-0.2, -0.15) is 0 Å². The fourth-order valence-electron chi connectivity index (χ4n) is 2.34. The summed E-state index contributed by atoms with van der Waals surface area (Å²) in [6.07, 6.45) is 3.30. The molecule has 2 heterocycles. The van der Waals surface area contributed by atoms with E-state index in [2.05, 4.69) is 25.3 Å². The molecule has 0 spiro atoms. The Kier molecular flexibility index (Phi) is 5.92. The van der Waals surface area contributed by atoms with Crippen LogP contribution in [0.5, 0.6) is 5.75 Å². The highest BCUT2D eigenvalue weighted by molar-refractivity contribution is 6.37. The van der Waals surface area contributed by atoms with Gasteiger partial charge in [0.2, 0.25) is 5.95 Å². The highest BCUT2D eigenvalue weighted by Crippen LogP contribution is 2.38. The van der Waals surface area contributed by atoms with Crippen molar-refractivity contribution < 1.29 is 9.47 Å². The van der Waals surface area contributed by atoms with Crippen LogP contribution in [0.25, 0.3) is 22.3 Å². The normalized spacial score (nSPS) is 11.4. The van der Waals surface area contributed by atoms with Crippen LogP contribution in [0.3, 0.4) is 0 Å². The minimum absolute atomic E-state index is 0.0960. The third kappa shape index (κ3) is 3.90. The molecule has 26 heavy (non-hydrogen) atoms. The first-order valence-corrected chi connectivity index (χ1v) is 8.62. The Morgan fingerprint density at radius 2 is 2.12 bits per heavy atom. The molecule has 2 N–H and O–H groups in total. The van der Waals surface area contributed by atoms with E-state index < -0.39 is 0 Å². The van der Waals surface area contributed by atoms with E-state index in [9.17, 15) is 0 Å². The van der Waals surface area contributed by atoms with Gasteiger partial charge < -0.3 is 19.8 Å². The predicted molar refractivity (Wildman–Crippen MR) is 105 cm³/mol. The number of fused-ring (bicyclic) bond motifs is 1. The lowest BCUT2D eigenvalue weighted by molar-refractivity contribution is 0.0225. The number of hydrogen-bond acceptors (Lipinski definition) is 5. The number of H-pyrrole nitrogens is 1. The molecule has 0 aliphatic carbocycles. The van der Waals surface area contributed by atoms with E-state index in [-0.39, 0.29) is 6.79 Å². The topological polar surface area (TPSA) is 84.4 Å². The Morgan fingerprint density at radius 3 is 2.88 bits per heavy atom. The molecule has 0 saturated heterocycles. The maximum absolute atomic E-state index is 6.43. The fraction of sp³-hybridized carbons (Fsp3) is 0.235. The molecule has 0 aliphatic heterocycles. The van der Waals surface area contributed by atoms with Crippen molar-refractivity contribution in [2.45, 2.75) is 6.92 Å². The van der Waals surface area contributed by atoms with Crippen molar-refractivity contribution in [3.63, 3.8) is 0 Å². The minimum Gasteiger partial charge on any atom is -0.466 e. The van der Waals surface area contributed by atoms with Gasteiger partial charge >= 0.3 is 0 Å². The van der Waals surface area contributed by atoms with Gasteiger partial charge in [-0.15, -0.1) is 0 Å². The Bertz CT molecular complexity index is 942. The third-order valence-corrected chi connectivity index (χ3v) is 4.12. The Labute approximate surface area is 160 Å². The molecule has 3 rings (SSSR count). The van der Waals surface area contributed by atoms with E-state index in [1.165, 1.54) is 6.34 Å². The van der Waals surface area contributed by atoms with Crippen molar-refractivity contribution in [2.75, 3.05) is 25.8 Å². The summed E-state index contributed by atoms with van der Waals surface area (Å²) >= 11 is 12.7. The second kappa shape index (κ2) is 8.35. The minimum atomic E-state index is 0.0960. The van der Waals surface area contributed by atoms with Crippen molar-refractivity contribution in [1.29, 1.82) is 0 Å². The van der Waals surface area contributed by atoms with E-state index in [1.54, 1.807) is 25.4 Å². The molecule has 0 radical (unpaired) electrons. The van der Waals surface area contributed by atoms with Crippen LogP contribution in [0.4, 0.5) is 5.95 Å². The average molecular weight is 394 g/mol. The van der Waals surface area contributed by atoms with E-state index in [0.29, 0.717) is 39.6 Å². The van der Waals surface area contributed by atoms with Crippen LogP contribution < -0.4 is 10.1 Å². The molecule has 0 atom stereocenters. The van der Waals surface area contributed by atoms with Crippen LogP contribution in [0.15, 0.2) is 29.4 Å². The monoisotopic (exact) mass is 393 g/mol. The molecule has 0 amide bonds. The van der Waals surface area contributed by atoms with Crippen molar-refractivity contribution in [1.82, 2.24) is 15.0 Å². The summed E-state index contributed by atoms with van der Waals surface area (Å²) in [5.41, 5.74) is 2.78. The molecule has 0 bridgehead atoms. The number of aliphatic imine (C=N–C) groups is 1. The predicted octanol–water partition coefficient (Wildman–Crippen LogP) is 4.37. The first-order chi connectivity index (χ1) is 12.6. The molecule has 7 nitrogen and oxygen atoms in total. The van der Waals surface area contributed by atoms with Crippen LogP contribution >= 0.6 is 23.2 Å². The highest BCUT2D eigenvalue weighted by atomic mass is 35.5. The lowest BCUT2D eigenvalue weighted by Gasteiger charge is -2.12. The first-order valence-electron chi connectivity index (χ1n) is 7.86. The highest BCUT2D eigenvalue weighted by Gasteiger charge is 2.16. The number of aromatic nitrogens is 3. The number of ether oxygens (including phenoxy) is 2. The molecule has 9 heteroatoms. The number of anilines is 1. The van der Waals surface area contributed by atoms with E-state index >= 15 is 0 Å². The lowest BCUT2D eigenvalue weighted by atomic mass is 10.1. The van der Waals surface area contributed by atoms with Gasteiger partial charge in [-0.1, -0.05) is 23.2 Å². The third-order valence-electron chi connectivity index (χ3n) is 3.51. The summed E-state index contributed by atoms with van der Waals surface area (Å²) < 4.78 is 10.8. The SMILES string of the molecule is CCOCOc1cc(-c2nc(NC=NC)nc3cc[nH]c23)c(Cl)cc1Cl. The molecule has 2 aromatic heterocycles. The molecule has 1 aromatic carbocycles. The molecular formula is C17H17Cl2N5O2. The standard InChI is InChI=1S/C17H17Cl2N5O2/c1-3-25-9-26-14-6-10(11(18)7-12(14)19)15-16-13(4-5-21-16)23-17(24-15)22-8-20-2/h4-8,21H,3,9H2,1-2H3,(H,20,22,23,24). The first kappa shape index (κ1) is 18.4. The second-order valence-corrected chi connectivity index (χ2v) is 6.00. The molecule has 0 fully saturated rings. The Morgan fingerprint density at radius 1 is 1.27 bits per heavy atom. The smallest absolute Gasteiger partial charge is 0.229 e. The van der Waals surface area contributed by atoms with Gasteiger partial charge in [-0.25, -0.2) is 9.97 Å². The van der Waals surface area contributed by atoms with E-state index in [1.807, 2.05) is 13.0 Å². The van der Waals surface area contributed by atoms with Crippen molar-refractivity contribution in [2.24, 2.45) is 4.99 Å². The quantitative estimate of drug-likeness (QED) is 0.269. The van der Waals surface area contributed by atoms with Gasteiger partial charge in [0.1, 0.15) is 11.4 Å². The maximum Gasteiger partial charge on any atom is 0.229 e. The zero-order valence-electron chi connectivity index (χ0n) is 14.2. The van der Waals surface area contributed by atoms with Crippen molar-refractivity contribution in [3.8, 4) is 17.0 Å². The van der Waals surface area contributed by atoms with Gasteiger partial charge in [0.25, 0.3) is 0 Å². The molecular weight excluding hydrogens is 377 g/mol. The maximum atomic E-state index is 6.43. The molecule has 0 aliphatic rings. The largest absolute Gasteiger partial charge is 0.466 e. The number of halogens is 2. The molecule has 3 aromatic rings. The summed E-state index contributed by atoms with van der Waals surface area (Å²) in [6, 6.07) is 5.21. The van der Waals surface area contributed by atoms with Crippen LogP contribution in [-0.4, -0.2) is 41.7 Å². The van der Waals surface area contributed by atoms with E-state index in [0.717, 1.165) is 11.0 Å². The number of nitrogens with one attached hydrogen (secondary N) is 2. The number of benzene rings is 1. The summed E-state index contributed by atoms with van der Waals surface area (Å²) in [7, 11) is 1.65. The number of aromatic amines is 1. The zero-order valence-corrected chi connectivity index (χ0v) is 15.7. The fourth-order valence-corrected chi connectivity index (χ4v) is 2.86.